The molecule has 0 bridgehead atoms. The highest BCUT2D eigenvalue weighted by Crippen LogP contribution is 2.18. The molecule has 1 unspecified atom stereocenters. The number of likely N-dealkylation sites (N-methyl/N-ethyl adjacent to an activating group) is 1. The minimum absolute atomic E-state index is 0.0658. The van der Waals surface area contributed by atoms with E-state index < -0.39 is 0 Å². The van der Waals surface area contributed by atoms with Crippen LogP contribution >= 0.6 is 0 Å². The number of nitrogens with zero attached hydrogens (tertiary/aromatic N) is 3. The molecule has 0 aliphatic carbocycles. The zero-order valence-corrected chi connectivity index (χ0v) is 13.1. The monoisotopic (exact) mass is 283 g/mol. The molecule has 0 aromatic heterocycles. The number of carbonyl (C=O) groups excluding carboxylic acids is 1. The maximum absolute atomic E-state index is 12.0. The van der Waals surface area contributed by atoms with Crippen molar-refractivity contribution in [2.24, 2.45) is 10.7 Å². The molecule has 0 saturated carbocycles. The normalized spacial score (nSPS) is 20.1. The van der Waals surface area contributed by atoms with Crippen molar-refractivity contribution < 1.29 is 4.79 Å². The predicted octanol–water partition coefficient (Wildman–Crippen LogP) is 0.243. The number of nitrogens with one attached hydrogen (secondary N) is 1. The Bertz CT molecular complexity index is 330. The van der Waals surface area contributed by atoms with Crippen molar-refractivity contribution in [1.82, 2.24) is 15.1 Å². The number of rotatable bonds is 7. The molecule has 0 spiro atoms. The summed E-state index contributed by atoms with van der Waals surface area (Å²) in [6.45, 7) is 5.59. The highest BCUT2D eigenvalue weighted by atomic mass is 16.2. The third-order valence-electron chi connectivity index (χ3n) is 3.52. The van der Waals surface area contributed by atoms with E-state index in [1.807, 2.05) is 14.1 Å². The van der Waals surface area contributed by atoms with Gasteiger partial charge < -0.3 is 16.0 Å². The zero-order valence-electron chi connectivity index (χ0n) is 13.1. The topological polar surface area (TPSA) is 74.0 Å². The van der Waals surface area contributed by atoms with Crippen LogP contribution in [-0.4, -0.2) is 68.0 Å². The van der Waals surface area contributed by atoms with Crippen molar-refractivity contribution in [2.45, 2.75) is 38.6 Å². The van der Waals surface area contributed by atoms with E-state index in [2.05, 4.69) is 22.1 Å². The summed E-state index contributed by atoms with van der Waals surface area (Å²) >= 11 is 0. The fourth-order valence-electron chi connectivity index (χ4n) is 2.46. The number of guanidine groups is 1. The highest BCUT2D eigenvalue weighted by Gasteiger charge is 2.30. The van der Waals surface area contributed by atoms with Gasteiger partial charge in [-0.3, -0.25) is 14.7 Å². The number of carbonyl (C=O) groups is 1. The summed E-state index contributed by atoms with van der Waals surface area (Å²) in [5.74, 6) is 0.744. The molecule has 1 amide bonds. The molecule has 1 atom stereocenters. The predicted molar refractivity (Wildman–Crippen MR) is 82.7 cm³/mol. The Labute approximate surface area is 122 Å². The summed E-state index contributed by atoms with van der Waals surface area (Å²) in [5.41, 5.74) is 5.73. The van der Waals surface area contributed by atoms with Gasteiger partial charge in [0.05, 0.1) is 6.04 Å². The second-order valence-electron chi connectivity index (χ2n) is 5.47. The quantitative estimate of drug-likeness (QED) is 0.399. The van der Waals surface area contributed by atoms with Crippen molar-refractivity contribution >= 4 is 11.9 Å². The molecule has 6 heteroatoms. The van der Waals surface area contributed by atoms with Gasteiger partial charge in [-0.05, 0) is 32.2 Å². The molecule has 1 aliphatic rings. The Morgan fingerprint density at radius 3 is 2.90 bits per heavy atom. The van der Waals surface area contributed by atoms with Gasteiger partial charge in [-0.15, -0.1) is 0 Å². The number of nitrogens with two attached hydrogens (primary N) is 1. The summed E-state index contributed by atoms with van der Waals surface area (Å²) in [5, 5.41) is 3.11. The molecule has 1 aliphatic heterocycles. The summed E-state index contributed by atoms with van der Waals surface area (Å²) in [6.07, 6.45) is 4.06. The van der Waals surface area contributed by atoms with Gasteiger partial charge in [-0.1, -0.05) is 6.92 Å². The summed E-state index contributed by atoms with van der Waals surface area (Å²) in [6, 6.07) is 0.0658. The van der Waals surface area contributed by atoms with Crippen LogP contribution in [0.4, 0.5) is 0 Å². The van der Waals surface area contributed by atoms with E-state index >= 15 is 0 Å². The lowest BCUT2D eigenvalue weighted by molar-refractivity contribution is -0.133. The third-order valence-corrected chi connectivity index (χ3v) is 3.52. The van der Waals surface area contributed by atoms with Crippen LogP contribution in [-0.2, 0) is 4.79 Å². The van der Waals surface area contributed by atoms with Crippen LogP contribution in [0.15, 0.2) is 4.99 Å². The van der Waals surface area contributed by atoms with Gasteiger partial charge in [0.1, 0.15) is 0 Å². The average molecular weight is 283 g/mol. The van der Waals surface area contributed by atoms with Gasteiger partial charge in [0.2, 0.25) is 5.91 Å². The lowest BCUT2D eigenvalue weighted by Gasteiger charge is -2.26. The lowest BCUT2D eigenvalue weighted by Crippen LogP contribution is -2.43. The number of aliphatic imine (C=N–C) groups is 1. The number of hydrogen-bond acceptors (Lipinski definition) is 3. The van der Waals surface area contributed by atoms with E-state index in [0.29, 0.717) is 5.96 Å². The van der Waals surface area contributed by atoms with E-state index in [9.17, 15) is 4.79 Å². The minimum atomic E-state index is 0.0658. The molecule has 1 fully saturated rings. The Morgan fingerprint density at radius 2 is 2.25 bits per heavy atom. The van der Waals surface area contributed by atoms with E-state index in [0.717, 1.165) is 51.9 Å². The van der Waals surface area contributed by atoms with Gasteiger partial charge in [0.15, 0.2) is 5.96 Å². The largest absolute Gasteiger partial charge is 0.370 e. The molecule has 3 N–H and O–H groups in total. The van der Waals surface area contributed by atoms with Crippen LogP contribution in [0.25, 0.3) is 0 Å². The molecule has 20 heavy (non-hydrogen) atoms. The summed E-state index contributed by atoms with van der Waals surface area (Å²) < 4.78 is 0. The summed E-state index contributed by atoms with van der Waals surface area (Å²) in [4.78, 5) is 20.2. The van der Waals surface area contributed by atoms with Crippen LogP contribution in [0, 0.1) is 0 Å². The fraction of sp³-hybridized carbons (Fsp3) is 0.857. The fourth-order valence-corrected chi connectivity index (χ4v) is 2.46. The second-order valence-corrected chi connectivity index (χ2v) is 5.47. The molecule has 6 nitrogen and oxygen atoms in total. The van der Waals surface area contributed by atoms with Gasteiger partial charge in [0.25, 0.3) is 0 Å². The van der Waals surface area contributed by atoms with Crippen LogP contribution in [0.3, 0.4) is 0 Å². The van der Waals surface area contributed by atoms with Crippen LogP contribution < -0.4 is 11.1 Å². The first-order valence-electron chi connectivity index (χ1n) is 7.55. The van der Waals surface area contributed by atoms with Gasteiger partial charge >= 0.3 is 0 Å². The standard InChI is InChI=1S/C14H29N5O/c1-4-8-16-14(15)17-9-6-11-19-10-5-7-12(19)13(20)18(2)3/h12H,4-11H2,1-3H3,(H3,15,16,17). The first-order chi connectivity index (χ1) is 9.56. The Kier molecular flexibility index (Phi) is 7.36. The molecule has 1 rings (SSSR count). The number of amides is 1. The van der Waals surface area contributed by atoms with E-state index in [1.165, 1.54) is 0 Å². The van der Waals surface area contributed by atoms with Crippen molar-refractivity contribution in [3.63, 3.8) is 0 Å². The summed E-state index contributed by atoms with van der Waals surface area (Å²) in [7, 11) is 3.65. The maximum atomic E-state index is 12.0. The molecular formula is C14H29N5O. The minimum Gasteiger partial charge on any atom is -0.370 e. The molecule has 1 saturated heterocycles. The second kappa shape index (κ2) is 8.79. The molecule has 0 radical (unpaired) electrons. The number of hydrogen-bond donors (Lipinski definition) is 2. The van der Waals surface area contributed by atoms with Crippen molar-refractivity contribution in [3.8, 4) is 0 Å². The molecule has 0 aromatic rings. The smallest absolute Gasteiger partial charge is 0.239 e. The van der Waals surface area contributed by atoms with Gasteiger partial charge in [0, 0.05) is 33.7 Å². The lowest BCUT2D eigenvalue weighted by atomic mass is 10.2. The first kappa shape index (κ1) is 16.8. The first-order valence-corrected chi connectivity index (χ1v) is 7.55. The average Bonchev–Trinajstić information content (AvgIpc) is 2.88. The van der Waals surface area contributed by atoms with Crippen molar-refractivity contribution in [3.05, 3.63) is 0 Å². The molecule has 0 aromatic carbocycles. The van der Waals surface area contributed by atoms with E-state index in [-0.39, 0.29) is 11.9 Å². The molecular weight excluding hydrogens is 254 g/mol. The molecule has 1 heterocycles. The number of likely N-dealkylation sites (tertiary alicyclic amines) is 1. The Balaban J connectivity index is 2.26. The third kappa shape index (κ3) is 5.36. The Hall–Kier alpha value is -1.30. The van der Waals surface area contributed by atoms with Crippen LogP contribution in [0.5, 0.6) is 0 Å². The van der Waals surface area contributed by atoms with Gasteiger partial charge in [-0.2, -0.15) is 0 Å². The molecule has 116 valence electrons. The van der Waals surface area contributed by atoms with Crippen molar-refractivity contribution in [1.29, 1.82) is 0 Å². The van der Waals surface area contributed by atoms with E-state index in [4.69, 9.17) is 5.73 Å². The van der Waals surface area contributed by atoms with Crippen LogP contribution in [0.2, 0.25) is 0 Å². The van der Waals surface area contributed by atoms with Crippen molar-refractivity contribution in [2.75, 3.05) is 40.3 Å². The van der Waals surface area contributed by atoms with E-state index in [1.54, 1.807) is 4.90 Å². The van der Waals surface area contributed by atoms with Crippen LogP contribution in [0.1, 0.15) is 32.6 Å². The zero-order chi connectivity index (χ0) is 15.0. The Morgan fingerprint density at radius 1 is 1.50 bits per heavy atom. The SMILES string of the molecule is CCCN=C(N)NCCCN1CCCC1C(=O)N(C)C. The highest BCUT2D eigenvalue weighted by molar-refractivity contribution is 5.81. The van der Waals surface area contributed by atoms with Gasteiger partial charge in [-0.25, -0.2) is 0 Å². The maximum Gasteiger partial charge on any atom is 0.239 e.